The summed E-state index contributed by atoms with van der Waals surface area (Å²) in [6.07, 6.45) is 22.2. The van der Waals surface area contributed by atoms with Gasteiger partial charge in [0.15, 0.2) is 0 Å². The summed E-state index contributed by atoms with van der Waals surface area (Å²) in [5, 5.41) is 26.9. The van der Waals surface area contributed by atoms with Crippen LogP contribution in [0.15, 0.2) is 48.6 Å². The summed E-state index contributed by atoms with van der Waals surface area (Å²) in [5.41, 5.74) is 0. The van der Waals surface area contributed by atoms with Crippen LogP contribution in [0.3, 0.4) is 0 Å². The lowest BCUT2D eigenvalue weighted by Crippen LogP contribution is -1.98. The van der Waals surface area contributed by atoms with Crippen molar-refractivity contribution in [2.45, 2.75) is 63.9 Å². The SMILES string of the molecule is O=C(O)CCCC=CCC=CC=CC(O)CC=CCCCCCO. The number of aliphatic carboxylic acids is 1. The Labute approximate surface area is 145 Å². The largest absolute Gasteiger partial charge is 0.481 e. The van der Waals surface area contributed by atoms with Crippen molar-refractivity contribution in [3.8, 4) is 0 Å². The van der Waals surface area contributed by atoms with E-state index in [0.29, 0.717) is 12.8 Å². The van der Waals surface area contributed by atoms with Crippen LogP contribution in [0.1, 0.15) is 57.8 Å². The normalized spacial score (nSPS) is 13.8. The van der Waals surface area contributed by atoms with E-state index in [0.717, 1.165) is 38.5 Å². The number of aliphatic hydroxyl groups excluding tert-OH is 2. The second-order valence-electron chi connectivity index (χ2n) is 5.65. The van der Waals surface area contributed by atoms with Crippen LogP contribution in [0.4, 0.5) is 0 Å². The lowest BCUT2D eigenvalue weighted by atomic mass is 10.1. The molecule has 0 heterocycles. The van der Waals surface area contributed by atoms with E-state index in [4.69, 9.17) is 10.2 Å². The molecule has 0 fully saturated rings. The van der Waals surface area contributed by atoms with E-state index in [-0.39, 0.29) is 13.0 Å². The summed E-state index contributed by atoms with van der Waals surface area (Å²) in [7, 11) is 0. The molecule has 1 atom stereocenters. The number of hydrogen-bond donors (Lipinski definition) is 3. The van der Waals surface area contributed by atoms with Crippen LogP contribution in [0.25, 0.3) is 0 Å². The van der Waals surface area contributed by atoms with E-state index in [2.05, 4.69) is 6.08 Å². The molecule has 0 aromatic heterocycles. The first-order valence-corrected chi connectivity index (χ1v) is 8.81. The molecule has 0 aromatic carbocycles. The Bertz CT molecular complexity index is 408. The van der Waals surface area contributed by atoms with Crippen LogP contribution >= 0.6 is 0 Å². The second kappa shape index (κ2) is 17.7. The molecule has 0 bridgehead atoms. The van der Waals surface area contributed by atoms with Gasteiger partial charge in [-0.25, -0.2) is 0 Å². The molecule has 0 saturated carbocycles. The minimum absolute atomic E-state index is 0.220. The van der Waals surface area contributed by atoms with Crippen molar-refractivity contribution in [2.75, 3.05) is 6.61 Å². The highest BCUT2D eigenvalue weighted by Crippen LogP contribution is 2.02. The standard InChI is InChI=1S/C20H32O4/c21-18-14-10-6-5-8-12-16-19(22)15-11-7-3-1-2-4-9-13-17-20(23)24/h2-4,7-8,11-12,15,19,21-22H,1,5-6,9-10,13-14,16-18H2,(H,23,24). The summed E-state index contributed by atoms with van der Waals surface area (Å²) >= 11 is 0. The smallest absolute Gasteiger partial charge is 0.303 e. The van der Waals surface area contributed by atoms with Gasteiger partial charge in [-0.3, -0.25) is 4.79 Å². The summed E-state index contributed by atoms with van der Waals surface area (Å²) in [5.74, 6) is -0.747. The number of allylic oxidation sites excluding steroid dienone is 6. The third kappa shape index (κ3) is 18.4. The average molecular weight is 336 g/mol. The summed E-state index contributed by atoms with van der Waals surface area (Å²) in [6.45, 7) is 0.265. The molecule has 0 amide bonds. The van der Waals surface area contributed by atoms with Gasteiger partial charge >= 0.3 is 5.97 Å². The number of carbonyl (C=O) groups is 1. The second-order valence-corrected chi connectivity index (χ2v) is 5.65. The highest BCUT2D eigenvalue weighted by Gasteiger charge is 1.94. The van der Waals surface area contributed by atoms with Gasteiger partial charge in [0.1, 0.15) is 0 Å². The first-order chi connectivity index (χ1) is 11.7. The first kappa shape index (κ1) is 22.4. The van der Waals surface area contributed by atoms with Crippen LogP contribution < -0.4 is 0 Å². The summed E-state index contributed by atoms with van der Waals surface area (Å²) in [6, 6.07) is 0. The fourth-order valence-corrected chi connectivity index (χ4v) is 2.00. The van der Waals surface area contributed by atoms with Crippen LogP contribution in [-0.2, 0) is 4.79 Å². The Morgan fingerprint density at radius 2 is 1.62 bits per heavy atom. The maximum atomic E-state index is 10.3. The van der Waals surface area contributed by atoms with Crippen LogP contribution in [0, 0.1) is 0 Å². The quantitative estimate of drug-likeness (QED) is 0.238. The lowest BCUT2D eigenvalue weighted by molar-refractivity contribution is -0.137. The Morgan fingerprint density at radius 3 is 2.38 bits per heavy atom. The number of hydrogen-bond acceptors (Lipinski definition) is 3. The first-order valence-electron chi connectivity index (χ1n) is 8.81. The minimum Gasteiger partial charge on any atom is -0.481 e. The molecule has 1 unspecified atom stereocenters. The molecule has 0 spiro atoms. The number of unbranched alkanes of at least 4 members (excludes halogenated alkanes) is 4. The van der Waals surface area contributed by atoms with Gasteiger partial charge in [0.25, 0.3) is 0 Å². The molecule has 0 aliphatic heterocycles. The average Bonchev–Trinajstić information content (AvgIpc) is 2.55. The van der Waals surface area contributed by atoms with Gasteiger partial charge < -0.3 is 15.3 Å². The third-order valence-electron chi connectivity index (χ3n) is 3.35. The summed E-state index contributed by atoms with van der Waals surface area (Å²) in [4.78, 5) is 10.3. The minimum atomic E-state index is -0.747. The topological polar surface area (TPSA) is 77.8 Å². The van der Waals surface area contributed by atoms with Crippen LogP contribution in [0.5, 0.6) is 0 Å². The fraction of sp³-hybridized carbons (Fsp3) is 0.550. The van der Waals surface area contributed by atoms with Crippen molar-refractivity contribution in [2.24, 2.45) is 0 Å². The predicted molar refractivity (Wildman–Crippen MR) is 98.8 cm³/mol. The molecular weight excluding hydrogens is 304 g/mol. The number of rotatable bonds is 15. The molecular formula is C20H32O4. The molecule has 0 aromatic rings. The van der Waals surface area contributed by atoms with Crippen molar-refractivity contribution in [1.82, 2.24) is 0 Å². The predicted octanol–water partition coefficient (Wildman–Crippen LogP) is 4.16. The van der Waals surface area contributed by atoms with Crippen molar-refractivity contribution < 1.29 is 20.1 Å². The number of carboxylic acids is 1. The molecule has 0 aliphatic rings. The maximum Gasteiger partial charge on any atom is 0.303 e. The molecule has 4 heteroatoms. The maximum absolute atomic E-state index is 10.3. The lowest BCUT2D eigenvalue weighted by Gasteiger charge is -1.99. The molecule has 3 N–H and O–H groups in total. The highest BCUT2D eigenvalue weighted by atomic mass is 16.4. The van der Waals surface area contributed by atoms with Crippen LogP contribution in [-0.4, -0.2) is 34.0 Å². The van der Waals surface area contributed by atoms with E-state index in [9.17, 15) is 9.90 Å². The van der Waals surface area contributed by atoms with E-state index in [1.807, 2.05) is 36.5 Å². The van der Waals surface area contributed by atoms with Crippen molar-refractivity contribution in [1.29, 1.82) is 0 Å². The fourth-order valence-electron chi connectivity index (χ4n) is 2.00. The molecule has 0 aliphatic carbocycles. The Kier molecular flexibility index (Phi) is 16.5. The van der Waals surface area contributed by atoms with Gasteiger partial charge in [0, 0.05) is 13.0 Å². The number of carboxylic acid groups (broad SMARTS) is 1. The number of aliphatic hydroxyl groups is 2. The zero-order valence-corrected chi connectivity index (χ0v) is 14.5. The van der Waals surface area contributed by atoms with Crippen molar-refractivity contribution >= 4 is 5.97 Å². The van der Waals surface area contributed by atoms with E-state index >= 15 is 0 Å². The van der Waals surface area contributed by atoms with E-state index in [1.165, 1.54) is 0 Å². The Hall–Kier alpha value is -1.65. The molecule has 4 nitrogen and oxygen atoms in total. The Balaban J connectivity index is 3.61. The molecule has 0 rings (SSSR count). The van der Waals surface area contributed by atoms with E-state index in [1.54, 1.807) is 6.08 Å². The highest BCUT2D eigenvalue weighted by molar-refractivity contribution is 5.66. The molecule has 0 radical (unpaired) electrons. The third-order valence-corrected chi connectivity index (χ3v) is 3.35. The molecule has 0 saturated heterocycles. The van der Waals surface area contributed by atoms with Gasteiger partial charge in [-0.2, -0.15) is 0 Å². The Morgan fingerprint density at radius 1 is 0.875 bits per heavy atom. The van der Waals surface area contributed by atoms with Gasteiger partial charge in [0.05, 0.1) is 6.10 Å². The summed E-state index contributed by atoms with van der Waals surface area (Å²) < 4.78 is 0. The van der Waals surface area contributed by atoms with Crippen molar-refractivity contribution in [3.63, 3.8) is 0 Å². The molecule has 24 heavy (non-hydrogen) atoms. The zero-order valence-electron chi connectivity index (χ0n) is 14.5. The van der Waals surface area contributed by atoms with Gasteiger partial charge in [-0.05, 0) is 44.9 Å². The van der Waals surface area contributed by atoms with Gasteiger partial charge in [0.2, 0.25) is 0 Å². The van der Waals surface area contributed by atoms with Crippen molar-refractivity contribution in [3.05, 3.63) is 48.6 Å². The van der Waals surface area contributed by atoms with Crippen LogP contribution in [0.2, 0.25) is 0 Å². The van der Waals surface area contributed by atoms with E-state index < -0.39 is 12.1 Å². The molecule has 136 valence electrons. The van der Waals surface area contributed by atoms with Gasteiger partial charge in [-0.15, -0.1) is 0 Å². The zero-order chi connectivity index (χ0) is 17.9. The monoisotopic (exact) mass is 336 g/mol. The van der Waals surface area contributed by atoms with Gasteiger partial charge in [-0.1, -0.05) is 55.0 Å².